The van der Waals surface area contributed by atoms with Crippen LogP contribution >= 0.6 is 0 Å². The second-order valence-corrected chi connectivity index (χ2v) is 4.63. The van der Waals surface area contributed by atoms with Crippen LogP contribution in [0.2, 0.25) is 0 Å². The molecule has 2 rings (SSSR count). The van der Waals surface area contributed by atoms with E-state index < -0.39 is 0 Å². The number of hydrogen-bond acceptors (Lipinski definition) is 2. The first-order chi connectivity index (χ1) is 9.65. The Bertz CT molecular complexity index is 594. The maximum atomic E-state index is 8.25. The van der Waals surface area contributed by atoms with E-state index in [1.807, 2.05) is 44.3 Å². The largest absolute Gasteiger partial charge is 0.462 e. The molecule has 0 aliphatic heterocycles. The Morgan fingerprint density at radius 2 is 1.65 bits per heavy atom. The van der Waals surface area contributed by atoms with Crippen LogP contribution in [-0.2, 0) is 6.54 Å². The van der Waals surface area contributed by atoms with Gasteiger partial charge in [-0.05, 0) is 50.1 Å². The van der Waals surface area contributed by atoms with Crippen LogP contribution < -0.4 is 5.32 Å². The number of aryl methyl sites for hydroxylation is 2. The molecule has 2 aromatic rings. The SMILES string of the molecule is CNCc1cccc(C)c1.Cc1cccc(C#CO)c1. The lowest BCUT2D eigenvalue weighted by molar-refractivity contribution is 0.517. The first-order valence-corrected chi connectivity index (χ1v) is 6.57. The van der Waals surface area contributed by atoms with Gasteiger partial charge in [0.2, 0.25) is 0 Å². The standard InChI is InChI=1S/C9H13N.C9H8O/c1-8-4-3-5-9(6-8)7-10-2;1-8-3-2-4-9(7-8)5-6-10/h3-6,10H,7H2,1-2H3;2-4,7,10H,1H3. The van der Waals surface area contributed by atoms with Gasteiger partial charge in [-0.25, -0.2) is 0 Å². The lowest BCUT2D eigenvalue weighted by Crippen LogP contribution is -2.04. The molecule has 2 heteroatoms. The van der Waals surface area contributed by atoms with E-state index in [0.717, 1.165) is 17.7 Å². The second-order valence-electron chi connectivity index (χ2n) is 4.63. The number of nitrogens with one attached hydrogen (secondary N) is 1. The zero-order chi connectivity index (χ0) is 14.8. The van der Waals surface area contributed by atoms with Crippen molar-refractivity contribution in [3.63, 3.8) is 0 Å². The molecule has 0 fully saturated rings. The van der Waals surface area contributed by atoms with Gasteiger partial charge in [0.15, 0.2) is 0 Å². The number of aliphatic hydroxyl groups excluding tert-OH is 1. The monoisotopic (exact) mass is 267 g/mol. The van der Waals surface area contributed by atoms with Crippen LogP contribution in [0, 0.1) is 25.9 Å². The van der Waals surface area contributed by atoms with Crippen molar-refractivity contribution >= 4 is 0 Å². The van der Waals surface area contributed by atoms with Gasteiger partial charge in [-0.1, -0.05) is 42.0 Å². The van der Waals surface area contributed by atoms with Crippen LogP contribution in [0.15, 0.2) is 48.5 Å². The summed E-state index contributed by atoms with van der Waals surface area (Å²) in [5, 5.41) is 11.4. The molecule has 0 radical (unpaired) electrons. The molecule has 2 aromatic carbocycles. The van der Waals surface area contributed by atoms with Gasteiger partial charge >= 0.3 is 0 Å². The van der Waals surface area contributed by atoms with Crippen LogP contribution in [-0.4, -0.2) is 12.2 Å². The average molecular weight is 267 g/mol. The van der Waals surface area contributed by atoms with Gasteiger partial charge in [0.05, 0.1) is 0 Å². The predicted octanol–water partition coefficient (Wildman–Crippen LogP) is 3.39. The molecule has 0 amide bonds. The highest BCUT2D eigenvalue weighted by molar-refractivity contribution is 5.35. The van der Waals surface area contributed by atoms with Crippen molar-refractivity contribution in [2.24, 2.45) is 0 Å². The fourth-order valence-corrected chi connectivity index (χ4v) is 1.81. The van der Waals surface area contributed by atoms with Gasteiger partial charge in [-0.3, -0.25) is 0 Å². The lowest BCUT2D eigenvalue weighted by Gasteiger charge is -1.99. The Labute approximate surface area is 121 Å². The van der Waals surface area contributed by atoms with Gasteiger partial charge in [-0.2, -0.15) is 0 Å². The first kappa shape index (κ1) is 15.8. The van der Waals surface area contributed by atoms with Crippen molar-refractivity contribution in [1.82, 2.24) is 5.32 Å². The molecule has 0 aliphatic carbocycles. The smallest absolute Gasteiger partial charge is 0.113 e. The molecule has 20 heavy (non-hydrogen) atoms. The molecule has 0 saturated heterocycles. The molecule has 0 spiro atoms. The van der Waals surface area contributed by atoms with Gasteiger partial charge in [0.1, 0.15) is 6.11 Å². The lowest BCUT2D eigenvalue weighted by atomic mass is 10.1. The highest BCUT2D eigenvalue weighted by atomic mass is 16.2. The molecule has 0 aliphatic rings. The fraction of sp³-hybridized carbons (Fsp3) is 0.222. The minimum Gasteiger partial charge on any atom is -0.462 e. The van der Waals surface area contributed by atoms with E-state index in [9.17, 15) is 0 Å². The Kier molecular flexibility index (Phi) is 6.95. The van der Waals surface area contributed by atoms with E-state index in [1.165, 1.54) is 11.1 Å². The molecular weight excluding hydrogens is 246 g/mol. The molecule has 0 bridgehead atoms. The zero-order valence-corrected chi connectivity index (χ0v) is 12.3. The van der Waals surface area contributed by atoms with Crippen LogP contribution in [0.25, 0.3) is 0 Å². The molecular formula is C18H21NO. The van der Waals surface area contributed by atoms with Crippen molar-refractivity contribution in [2.45, 2.75) is 20.4 Å². The van der Waals surface area contributed by atoms with E-state index in [2.05, 4.69) is 42.4 Å². The van der Waals surface area contributed by atoms with Crippen LogP contribution in [0.3, 0.4) is 0 Å². The van der Waals surface area contributed by atoms with Crippen molar-refractivity contribution in [3.05, 3.63) is 70.8 Å². The quantitative estimate of drug-likeness (QED) is 0.817. The number of aliphatic hydroxyl groups is 1. The van der Waals surface area contributed by atoms with Gasteiger partial charge in [0, 0.05) is 12.1 Å². The number of hydrogen-bond donors (Lipinski definition) is 2. The van der Waals surface area contributed by atoms with Crippen LogP contribution in [0.1, 0.15) is 22.3 Å². The van der Waals surface area contributed by atoms with Crippen molar-refractivity contribution in [3.8, 4) is 12.0 Å². The summed E-state index contributed by atoms with van der Waals surface area (Å²) in [5.74, 6) is 2.55. The third-order valence-corrected chi connectivity index (χ3v) is 2.68. The van der Waals surface area contributed by atoms with Crippen LogP contribution in [0.4, 0.5) is 0 Å². The average Bonchev–Trinajstić information content (AvgIpc) is 2.40. The number of benzene rings is 2. The van der Waals surface area contributed by atoms with Gasteiger partial charge in [0.25, 0.3) is 0 Å². The first-order valence-electron chi connectivity index (χ1n) is 6.57. The van der Waals surface area contributed by atoms with E-state index in [0.29, 0.717) is 0 Å². The second kappa shape index (κ2) is 8.79. The Morgan fingerprint density at radius 1 is 1.00 bits per heavy atom. The Morgan fingerprint density at radius 3 is 2.20 bits per heavy atom. The third-order valence-electron chi connectivity index (χ3n) is 2.68. The van der Waals surface area contributed by atoms with Crippen molar-refractivity contribution < 1.29 is 5.11 Å². The molecule has 0 saturated carbocycles. The normalized spacial score (nSPS) is 8.95. The molecule has 2 nitrogen and oxygen atoms in total. The summed E-state index contributed by atoms with van der Waals surface area (Å²) in [7, 11) is 1.96. The van der Waals surface area contributed by atoms with E-state index in [1.54, 1.807) is 0 Å². The highest BCUT2D eigenvalue weighted by Gasteiger charge is 1.88. The summed E-state index contributed by atoms with van der Waals surface area (Å²) in [6.07, 6.45) is 1.86. The van der Waals surface area contributed by atoms with Gasteiger partial charge in [-0.15, -0.1) is 0 Å². The van der Waals surface area contributed by atoms with Crippen molar-refractivity contribution in [2.75, 3.05) is 7.05 Å². The summed E-state index contributed by atoms with van der Waals surface area (Å²) in [6, 6.07) is 16.2. The Hall–Kier alpha value is -2.24. The Balaban J connectivity index is 0.000000200. The molecule has 0 unspecified atom stereocenters. The third kappa shape index (κ3) is 6.08. The summed E-state index contributed by atoms with van der Waals surface area (Å²) in [4.78, 5) is 0. The summed E-state index contributed by atoms with van der Waals surface area (Å²) < 4.78 is 0. The van der Waals surface area contributed by atoms with Crippen molar-refractivity contribution in [1.29, 1.82) is 0 Å². The summed E-state index contributed by atoms with van der Waals surface area (Å²) >= 11 is 0. The minimum atomic E-state index is 0.850. The van der Waals surface area contributed by atoms with E-state index in [-0.39, 0.29) is 0 Å². The maximum Gasteiger partial charge on any atom is 0.113 e. The predicted molar refractivity (Wildman–Crippen MR) is 83.9 cm³/mol. The van der Waals surface area contributed by atoms with Gasteiger partial charge < -0.3 is 10.4 Å². The highest BCUT2D eigenvalue weighted by Crippen LogP contribution is 2.02. The summed E-state index contributed by atoms with van der Waals surface area (Å²) in [6.45, 7) is 5.06. The molecule has 2 N–H and O–H groups in total. The van der Waals surface area contributed by atoms with Crippen LogP contribution in [0.5, 0.6) is 0 Å². The molecule has 104 valence electrons. The summed E-state index contributed by atoms with van der Waals surface area (Å²) in [5.41, 5.74) is 4.68. The number of rotatable bonds is 2. The fourth-order valence-electron chi connectivity index (χ4n) is 1.81. The topological polar surface area (TPSA) is 32.3 Å². The van der Waals surface area contributed by atoms with E-state index >= 15 is 0 Å². The van der Waals surface area contributed by atoms with E-state index in [4.69, 9.17) is 5.11 Å². The maximum absolute atomic E-state index is 8.25. The molecule has 0 atom stereocenters. The molecule has 0 heterocycles. The molecule has 0 aromatic heterocycles. The minimum absolute atomic E-state index is 0.850. The zero-order valence-electron chi connectivity index (χ0n) is 12.3.